The van der Waals surface area contributed by atoms with Gasteiger partial charge in [0.2, 0.25) is 0 Å². The van der Waals surface area contributed by atoms with Gasteiger partial charge in [0, 0.05) is 39.1 Å². The van der Waals surface area contributed by atoms with Crippen LogP contribution in [0.25, 0.3) is 72.8 Å². The van der Waals surface area contributed by atoms with Crippen molar-refractivity contribution in [3.8, 4) is 51.0 Å². The maximum atomic E-state index is 15.2. The fraction of sp³-hybridized carbons (Fsp3) is 0.0488. The van der Waals surface area contributed by atoms with Crippen LogP contribution in [0.4, 0.5) is 8.78 Å². The Kier molecular flexibility index (Phi) is 6.91. The molecule has 0 unspecified atom stereocenters. The molecule has 0 amide bonds. The zero-order valence-corrected chi connectivity index (χ0v) is 25.7. The second-order valence-corrected chi connectivity index (χ2v) is 11.8. The van der Waals surface area contributed by atoms with Crippen LogP contribution in [0.3, 0.4) is 0 Å². The highest BCUT2D eigenvalue weighted by atomic mass is 19.1. The molecule has 47 heavy (non-hydrogen) atoms. The van der Waals surface area contributed by atoms with E-state index in [1.165, 1.54) is 12.1 Å². The van der Waals surface area contributed by atoms with Gasteiger partial charge < -0.3 is 4.57 Å². The monoisotopic (exact) mass is 614 g/mol. The van der Waals surface area contributed by atoms with Crippen LogP contribution in [0.2, 0.25) is 0 Å². The van der Waals surface area contributed by atoms with Gasteiger partial charge in [-0.15, -0.1) is 0 Å². The van der Waals surface area contributed by atoms with E-state index in [4.69, 9.17) is 15.0 Å². The van der Waals surface area contributed by atoms with Crippen LogP contribution in [0.15, 0.2) is 133 Å². The van der Waals surface area contributed by atoms with Gasteiger partial charge >= 0.3 is 0 Å². The number of fused-ring (bicyclic) bond motifs is 3. The van der Waals surface area contributed by atoms with Gasteiger partial charge in [-0.3, -0.25) is 0 Å². The predicted molar refractivity (Wildman–Crippen MR) is 185 cm³/mol. The Labute approximate surface area is 270 Å². The molecule has 0 bridgehead atoms. The molecule has 0 atom stereocenters. The van der Waals surface area contributed by atoms with Gasteiger partial charge in [-0.1, -0.05) is 90.0 Å². The summed E-state index contributed by atoms with van der Waals surface area (Å²) in [5.41, 5.74) is 8.44. The molecule has 2 aromatic heterocycles. The van der Waals surface area contributed by atoms with Gasteiger partial charge in [0.1, 0.15) is 11.6 Å². The van der Waals surface area contributed by atoms with Crippen molar-refractivity contribution in [3.05, 3.63) is 156 Å². The minimum Gasteiger partial charge on any atom is -0.308 e. The summed E-state index contributed by atoms with van der Waals surface area (Å²) in [5.74, 6) is 0.316. The smallest absolute Gasteiger partial charge is 0.166 e. The maximum Gasteiger partial charge on any atom is 0.166 e. The molecule has 226 valence electrons. The molecule has 0 aliphatic carbocycles. The second kappa shape index (κ2) is 11.4. The van der Waals surface area contributed by atoms with Crippen molar-refractivity contribution in [2.45, 2.75) is 13.8 Å². The molecule has 8 aromatic rings. The van der Waals surface area contributed by atoms with Crippen LogP contribution in [0.5, 0.6) is 0 Å². The van der Waals surface area contributed by atoms with Crippen molar-refractivity contribution in [2.75, 3.05) is 0 Å². The molecule has 8 rings (SSSR count). The lowest BCUT2D eigenvalue weighted by Crippen LogP contribution is -2.04. The molecular formula is C41H28F2N4. The first-order valence-electron chi connectivity index (χ1n) is 15.4. The number of halogens is 2. The first-order chi connectivity index (χ1) is 22.9. The molecule has 0 radical (unpaired) electrons. The summed E-state index contributed by atoms with van der Waals surface area (Å²) >= 11 is 0. The van der Waals surface area contributed by atoms with E-state index in [0.717, 1.165) is 61.4 Å². The summed E-state index contributed by atoms with van der Waals surface area (Å²) in [7, 11) is 0. The summed E-state index contributed by atoms with van der Waals surface area (Å²) in [6, 6.07) is 41.9. The van der Waals surface area contributed by atoms with E-state index in [0.29, 0.717) is 28.6 Å². The molecule has 0 spiro atoms. The summed E-state index contributed by atoms with van der Waals surface area (Å²) < 4.78 is 31.4. The lowest BCUT2D eigenvalue weighted by molar-refractivity contribution is 0.585. The predicted octanol–water partition coefficient (Wildman–Crippen LogP) is 10.5. The van der Waals surface area contributed by atoms with Gasteiger partial charge in [0.25, 0.3) is 0 Å². The van der Waals surface area contributed by atoms with Crippen molar-refractivity contribution in [2.24, 2.45) is 0 Å². The molecule has 0 N–H and O–H groups in total. The van der Waals surface area contributed by atoms with E-state index < -0.39 is 11.6 Å². The Morgan fingerprint density at radius 2 is 1.00 bits per heavy atom. The quantitative estimate of drug-likeness (QED) is 0.194. The molecule has 6 aromatic carbocycles. The Morgan fingerprint density at radius 1 is 0.468 bits per heavy atom. The molecule has 0 saturated heterocycles. The standard InChI is InChI=1S/C41H28F2N4/c1-25-13-19-36-33(21-25)34-22-26(2)14-20-37(34)47(36)38-23-29(31-18-16-30(42)24-35(31)43)15-17-32(38)41-45-39(27-9-5-3-6-10-27)44-40(46-41)28-11-7-4-8-12-28/h3-24H,1-2H3. The Morgan fingerprint density at radius 3 is 1.55 bits per heavy atom. The van der Waals surface area contributed by atoms with Crippen LogP contribution < -0.4 is 0 Å². The number of rotatable bonds is 5. The number of benzene rings is 6. The number of hydrogen-bond acceptors (Lipinski definition) is 3. The van der Waals surface area contributed by atoms with Crippen molar-refractivity contribution in [1.29, 1.82) is 0 Å². The average Bonchev–Trinajstić information content (AvgIpc) is 3.41. The number of aromatic nitrogens is 4. The van der Waals surface area contributed by atoms with Gasteiger partial charge in [-0.2, -0.15) is 0 Å². The third kappa shape index (κ3) is 5.14. The molecule has 2 heterocycles. The van der Waals surface area contributed by atoms with Crippen molar-refractivity contribution >= 4 is 21.8 Å². The highest BCUT2D eigenvalue weighted by Gasteiger charge is 2.21. The highest BCUT2D eigenvalue weighted by molar-refractivity contribution is 6.10. The SMILES string of the molecule is Cc1ccc2c(c1)c1cc(C)ccc1n2-c1cc(-c2ccc(F)cc2F)ccc1-c1nc(-c2ccccc2)nc(-c2ccccc2)n1. The van der Waals surface area contributed by atoms with Crippen LogP contribution >= 0.6 is 0 Å². The summed E-state index contributed by atoms with van der Waals surface area (Å²) in [6.07, 6.45) is 0. The lowest BCUT2D eigenvalue weighted by atomic mass is 10.0. The van der Waals surface area contributed by atoms with E-state index in [2.05, 4.69) is 54.8 Å². The zero-order valence-electron chi connectivity index (χ0n) is 25.7. The largest absolute Gasteiger partial charge is 0.308 e. The second-order valence-electron chi connectivity index (χ2n) is 11.8. The molecule has 6 heteroatoms. The van der Waals surface area contributed by atoms with Crippen molar-refractivity contribution in [1.82, 2.24) is 19.5 Å². The minimum atomic E-state index is -0.630. The van der Waals surface area contributed by atoms with Gasteiger partial charge in [0.15, 0.2) is 17.5 Å². The van der Waals surface area contributed by atoms with Crippen molar-refractivity contribution in [3.63, 3.8) is 0 Å². The zero-order chi connectivity index (χ0) is 32.1. The molecule has 4 nitrogen and oxygen atoms in total. The van der Waals surface area contributed by atoms with Crippen LogP contribution in [-0.2, 0) is 0 Å². The normalized spacial score (nSPS) is 11.4. The topological polar surface area (TPSA) is 43.6 Å². The van der Waals surface area contributed by atoms with Crippen molar-refractivity contribution < 1.29 is 8.78 Å². The summed E-state index contributed by atoms with van der Waals surface area (Å²) in [6.45, 7) is 4.17. The van der Waals surface area contributed by atoms with Crippen LogP contribution in [-0.4, -0.2) is 19.5 Å². The molecule has 0 aliphatic heterocycles. The van der Waals surface area contributed by atoms with E-state index in [-0.39, 0.29) is 0 Å². The molecule has 0 saturated carbocycles. The molecular weight excluding hydrogens is 586 g/mol. The molecule has 0 aliphatic rings. The first kappa shape index (κ1) is 28.5. The average molecular weight is 615 g/mol. The minimum absolute atomic E-state index is 0.303. The van der Waals surface area contributed by atoms with Crippen LogP contribution in [0.1, 0.15) is 11.1 Å². The first-order valence-corrected chi connectivity index (χ1v) is 15.4. The lowest BCUT2D eigenvalue weighted by Gasteiger charge is -2.17. The van der Waals surface area contributed by atoms with E-state index in [9.17, 15) is 4.39 Å². The summed E-state index contributed by atoms with van der Waals surface area (Å²) in [4.78, 5) is 14.9. The van der Waals surface area contributed by atoms with Crippen LogP contribution in [0, 0.1) is 25.5 Å². The third-order valence-electron chi connectivity index (χ3n) is 8.50. The van der Waals surface area contributed by atoms with E-state index in [1.54, 1.807) is 0 Å². The van der Waals surface area contributed by atoms with E-state index >= 15 is 4.39 Å². The van der Waals surface area contributed by atoms with E-state index in [1.807, 2.05) is 78.9 Å². The molecule has 0 fully saturated rings. The Balaban J connectivity index is 1.47. The number of hydrogen-bond donors (Lipinski definition) is 0. The van der Waals surface area contributed by atoms with Gasteiger partial charge in [0.05, 0.1) is 16.7 Å². The maximum absolute atomic E-state index is 15.2. The Bertz CT molecular complexity index is 2330. The third-order valence-corrected chi connectivity index (χ3v) is 8.50. The number of nitrogens with zero attached hydrogens (tertiary/aromatic N) is 4. The Hall–Kier alpha value is -6.01. The summed E-state index contributed by atoms with van der Waals surface area (Å²) in [5, 5.41) is 2.22. The fourth-order valence-corrected chi connectivity index (χ4v) is 6.24. The van der Waals surface area contributed by atoms with Gasteiger partial charge in [-0.05, 0) is 67.9 Å². The van der Waals surface area contributed by atoms with Gasteiger partial charge in [-0.25, -0.2) is 23.7 Å². The number of aryl methyl sites for hydroxylation is 2. The fourth-order valence-electron chi connectivity index (χ4n) is 6.24. The highest BCUT2D eigenvalue weighted by Crippen LogP contribution is 2.39.